The maximum Gasteiger partial charge on any atom is 0.0928 e. The van der Waals surface area contributed by atoms with Gasteiger partial charge < -0.3 is 19.9 Å². The molecule has 0 aromatic rings. The predicted octanol–water partition coefficient (Wildman–Crippen LogP) is 0.00670. The first kappa shape index (κ1) is 12.8. The number of aliphatic hydroxyl groups is 1. The first-order valence-electron chi connectivity index (χ1n) is 4.55. The van der Waals surface area contributed by atoms with E-state index in [0.29, 0.717) is 13.2 Å². The van der Waals surface area contributed by atoms with Gasteiger partial charge in [0.05, 0.1) is 18.8 Å². The Morgan fingerprint density at radius 2 is 1.92 bits per heavy atom. The summed E-state index contributed by atoms with van der Waals surface area (Å²) in [4.78, 5) is 0. The molecule has 0 radical (unpaired) electrons. The van der Waals surface area contributed by atoms with E-state index in [1.165, 1.54) is 0 Å². The van der Waals surface area contributed by atoms with Crippen molar-refractivity contribution >= 4 is 0 Å². The van der Waals surface area contributed by atoms with Crippen molar-refractivity contribution in [3.63, 3.8) is 0 Å². The number of nitrogens with one attached hydrogen (secondary N) is 1. The summed E-state index contributed by atoms with van der Waals surface area (Å²) in [5.41, 5.74) is 0. The second-order valence-electron chi connectivity index (χ2n) is 3.25. The Morgan fingerprint density at radius 1 is 1.31 bits per heavy atom. The molecule has 0 aliphatic heterocycles. The molecule has 3 atom stereocenters. The van der Waals surface area contributed by atoms with Gasteiger partial charge in [0, 0.05) is 26.8 Å². The van der Waals surface area contributed by atoms with Gasteiger partial charge in [0.15, 0.2) is 0 Å². The summed E-state index contributed by atoms with van der Waals surface area (Å²) in [7, 11) is 3.29. The van der Waals surface area contributed by atoms with Crippen LogP contribution in [0, 0.1) is 0 Å². The molecule has 4 heteroatoms. The number of hydrogen-bond acceptors (Lipinski definition) is 4. The van der Waals surface area contributed by atoms with E-state index in [4.69, 9.17) is 9.47 Å². The molecule has 2 N–H and O–H groups in total. The zero-order valence-electron chi connectivity index (χ0n) is 8.91. The van der Waals surface area contributed by atoms with Crippen LogP contribution in [0.25, 0.3) is 0 Å². The number of aliphatic hydroxyl groups excluding tert-OH is 1. The van der Waals surface area contributed by atoms with E-state index in [-0.39, 0.29) is 18.2 Å². The fourth-order valence-electron chi connectivity index (χ4n) is 0.884. The average molecular weight is 191 g/mol. The van der Waals surface area contributed by atoms with Gasteiger partial charge in [-0.2, -0.15) is 0 Å². The zero-order valence-corrected chi connectivity index (χ0v) is 8.91. The van der Waals surface area contributed by atoms with E-state index in [0.717, 1.165) is 0 Å². The predicted molar refractivity (Wildman–Crippen MR) is 51.8 cm³/mol. The minimum atomic E-state index is -0.347. The second-order valence-corrected chi connectivity index (χ2v) is 3.25. The molecule has 0 rings (SSSR count). The summed E-state index contributed by atoms with van der Waals surface area (Å²) in [6.45, 7) is 4.95. The summed E-state index contributed by atoms with van der Waals surface area (Å²) in [5, 5.41) is 12.4. The molecule has 0 aliphatic carbocycles. The highest BCUT2D eigenvalue weighted by Gasteiger charge is 2.11. The Hall–Kier alpha value is -0.160. The van der Waals surface area contributed by atoms with E-state index >= 15 is 0 Å². The quantitative estimate of drug-likeness (QED) is 0.595. The van der Waals surface area contributed by atoms with Gasteiger partial charge in [-0.05, 0) is 13.8 Å². The first-order chi connectivity index (χ1) is 6.11. The molecular formula is C9H21NO3. The Kier molecular flexibility index (Phi) is 7.17. The largest absolute Gasteiger partial charge is 0.392 e. The van der Waals surface area contributed by atoms with Crippen molar-refractivity contribution in [3.8, 4) is 0 Å². The molecule has 4 nitrogen and oxygen atoms in total. The molecule has 0 aliphatic rings. The summed E-state index contributed by atoms with van der Waals surface area (Å²) in [6, 6.07) is 0.0782. The molecule has 0 aromatic carbocycles. The van der Waals surface area contributed by atoms with Crippen LogP contribution in [-0.2, 0) is 9.47 Å². The fraction of sp³-hybridized carbons (Fsp3) is 1.00. The minimum Gasteiger partial charge on any atom is -0.392 e. The first-order valence-corrected chi connectivity index (χ1v) is 4.55. The molecule has 80 valence electrons. The lowest BCUT2D eigenvalue weighted by Gasteiger charge is -2.20. The summed E-state index contributed by atoms with van der Waals surface area (Å²) < 4.78 is 10.1. The fourth-order valence-corrected chi connectivity index (χ4v) is 0.884. The van der Waals surface area contributed by atoms with Crippen molar-refractivity contribution in [2.24, 2.45) is 0 Å². The lowest BCUT2D eigenvalue weighted by Crippen LogP contribution is -2.41. The van der Waals surface area contributed by atoms with E-state index < -0.39 is 0 Å². The number of methoxy groups -OCH3 is 2. The lowest BCUT2D eigenvalue weighted by molar-refractivity contribution is 0.0242. The maximum absolute atomic E-state index is 9.20. The van der Waals surface area contributed by atoms with Crippen molar-refractivity contribution in [1.29, 1.82) is 0 Å². The van der Waals surface area contributed by atoms with Crippen LogP contribution < -0.4 is 5.32 Å². The molecule has 13 heavy (non-hydrogen) atoms. The third-order valence-corrected chi connectivity index (χ3v) is 2.08. The van der Waals surface area contributed by atoms with Gasteiger partial charge in [-0.15, -0.1) is 0 Å². The summed E-state index contributed by atoms with van der Waals surface area (Å²) in [5.74, 6) is 0. The van der Waals surface area contributed by atoms with Crippen LogP contribution in [0.5, 0.6) is 0 Å². The normalized spacial score (nSPS) is 18.2. The van der Waals surface area contributed by atoms with Gasteiger partial charge in [0.2, 0.25) is 0 Å². The van der Waals surface area contributed by atoms with Gasteiger partial charge in [0.25, 0.3) is 0 Å². The number of ether oxygens (including phenoxy) is 2. The SMILES string of the molecule is COCC(CNC(C)C(C)O)OC. The van der Waals surface area contributed by atoms with E-state index in [1.54, 1.807) is 21.1 Å². The molecule has 3 unspecified atom stereocenters. The molecule has 0 saturated heterocycles. The van der Waals surface area contributed by atoms with Crippen LogP contribution in [-0.4, -0.2) is 50.7 Å². The van der Waals surface area contributed by atoms with Crippen molar-refractivity contribution in [2.75, 3.05) is 27.4 Å². The highest BCUT2D eigenvalue weighted by molar-refractivity contribution is 4.69. The Balaban J connectivity index is 3.58. The van der Waals surface area contributed by atoms with Crippen molar-refractivity contribution in [1.82, 2.24) is 5.32 Å². The van der Waals surface area contributed by atoms with E-state index in [9.17, 15) is 5.11 Å². The molecule has 0 amide bonds. The van der Waals surface area contributed by atoms with Crippen LogP contribution >= 0.6 is 0 Å². The van der Waals surface area contributed by atoms with Gasteiger partial charge in [0.1, 0.15) is 0 Å². The smallest absolute Gasteiger partial charge is 0.0928 e. The van der Waals surface area contributed by atoms with Gasteiger partial charge in [-0.3, -0.25) is 0 Å². The molecule has 0 fully saturated rings. The van der Waals surface area contributed by atoms with Gasteiger partial charge in [-0.1, -0.05) is 0 Å². The van der Waals surface area contributed by atoms with E-state index in [2.05, 4.69) is 5.32 Å². The third kappa shape index (κ3) is 5.99. The van der Waals surface area contributed by atoms with Gasteiger partial charge in [-0.25, -0.2) is 0 Å². The molecular weight excluding hydrogens is 170 g/mol. The van der Waals surface area contributed by atoms with Gasteiger partial charge >= 0.3 is 0 Å². The Morgan fingerprint density at radius 3 is 2.31 bits per heavy atom. The van der Waals surface area contributed by atoms with Crippen LogP contribution in [0.15, 0.2) is 0 Å². The zero-order chi connectivity index (χ0) is 10.3. The lowest BCUT2D eigenvalue weighted by atomic mass is 10.2. The second kappa shape index (κ2) is 7.26. The number of rotatable bonds is 7. The molecule has 0 saturated carbocycles. The summed E-state index contributed by atoms with van der Waals surface area (Å²) >= 11 is 0. The highest BCUT2D eigenvalue weighted by atomic mass is 16.5. The van der Waals surface area contributed by atoms with Crippen LogP contribution in [0.2, 0.25) is 0 Å². The van der Waals surface area contributed by atoms with Crippen LogP contribution in [0.3, 0.4) is 0 Å². The highest BCUT2D eigenvalue weighted by Crippen LogP contribution is 1.93. The summed E-state index contributed by atoms with van der Waals surface area (Å²) in [6.07, 6.45) is -0.300. The topological polar surface area (TPSA) is 50.7 Å². The standard InChI is InChI=1S/C9H21NO3/c1-7(8(2)11)10-5-9(13-4)6-12-3/h7-11H,5-6H2,1-4H3. The molecule has 0 spiro atoms. The van der Waals surface area contributed by atoms with Crippen molar-refractivity contribution in [3.05, 3.63) is 0 Å². The Labute approximate surface area is 80.2 Å². The Bertz CT molecular complexity index is 119. The number of hydrogen-bond donors (Lipinski definition) is 2. The molecule has 0 aromatic heterocycles. The van der Waals surface area contributed by atoms with Crippen LogP contribution in [0.4, 0.5) is 0 Å². The van der Waals surface area contributed by atoms with Crippen molar-refractivity contribution in [2.45, 2.75) is 32.1 Å². The van der Waals surface area contributed by atoms with Crippen LogP contribution in [0.1, 0.15) is 13.8 Å². The monoisotopic (exact) mass is 191 g/mol. The minimum absolute atomic E-state index is 0.0474. The molecule has 0 heterocycles. The van der Waals surface area contributed by atoms with E-state index in [1.807, 2.05) is 6.92 Å². The maximum atomic E-state index is 9.20. The third-order valence-electron chi connectivity index (χ3n) is 2.08. The van der Waals surface area contributed by atoms with Crippen molar-refractivity contribution < 1.29 is 14.6 Å². The molecule has 0 bridgehead atoms. The average Bonchev–Trinajstić information content (AvgIpc) is 2.11.